The molecule has 0 unspecified atom stereocenters. The fourth-order valence-electron chi connectivity index (χ4n) is 3.19. The van der Waals surface area contributed by atoms with Gasteiger partial charge in [0.25, 0.3) is 0 Å². The van der Waals surface area contributed by atoms with E-state index >= 15 is 0 Å². The van der Waals surface area contributed by atoms with Crippen LogP contribution in [0.4, 0.5) is 0 Å². The highest BCUT2D eigenvalue weighted by Gasteiger charge is 2.02. The zero-order valence-electron chi connectivity index (χ0n) is 16.5. The lowest BCUT2D eigenvalue weighted by molar-refractivity contribution is -0.697. The second-order valence-corrected chi connectivity index (χ2v) is 7.06. The number of aromatic nitrogens is 2. The third-order valence-corrected chi connectivity index (χ3v) is 4.83. The number of hydrogen-bond donors (Lipinski definition) is 2. The smallest absolute Gasteiger partial charge is 0.169 e. The van der Waals surface area contributed by atoms with Gasteiger partial charge in [-0.1, -0.05) is 36.0 Å². The monoisotopic (exact) mass is 384 g/mol. The van der Waals surface area contributed by atoms with E-state index < -0.39 is 0 Å². The van der Waals surface area contributed by atoms with Gasteiger partial charge >= 0.3 is 0 Å². The molecule has 2 rings (SSSR count). The SMILES string of the molecule is O/N=C/c1cc[n+](CCCCCCCCCC[n+]2ccc(/C=N/O)cc2)cc1. The van der Waals surface area contributed by atoms with Crippen molar-refractivity contribution in [3.8, 4) is 0 Å². The molecule has 0 saturated heterocycles. The van der Waals surface area contributed by atoms with Crippen LogP contribution < -0.4 is 9.13 Å². The van der Waals surface area contributed by atoms with Crippen molar-refractivity contribution < 1.29 is 19.5 Å². The van der Waals surface area contributed by atoms with E-state index in [0.29, 0.717) is 0 Å². The molecule has 28 heavy (non-hydrogen) atoms. The Labute approximate surface area is 167 Å². The minimum absolute atomic E-state index is 0.908. The lowest BCUT2D eigenvalue weighted by Crippen LogP contribution is -2.32. The van der Waals surface area contributed by atoms with Gasteiger partial charge in [0.05, 0.1) is 12.4 Å². The Kier molecular flexibility index (Phi) is 10.3. The summed E-state index contributed by atoms with van der Waals surface area (Å²) in [5, 5.41) is 23.1. The van der Waals surface area contributed by atoms with E-state index in [0.717, 1.165) is 24.2 Å². The van der Waals surface area contributed by atoms with E-state index in [4.69, 9.17) is 10.4 Å². The Bertz CT molecular complexity index is 649. The summed E-state index contributed by atoms with van der Waals surface area (Å²) < 4.78 is 4.35. The minimum Gasteiger partial charge on any atom is -0.411 e. The maximum atomic E-state index is 8.51. The molecule has 150 valence electrons. The standard InChI is InChI=1S/C22H30N4O2/c27-23-19-21-9-15-25(16-10-21)13-7-5-3-1-2-4-6-8-14-26-17-11-22(12-18-26)20-24-28/h9-12,15-20H,1-8,13-14H2/p+2. The summed E-state index contributed by atoms with van der Waals surface area (Å²) >= 11 is 0. The van der Waals surface area contributed by atoms with Crippen LogP contribution in [0.2, 0.25) is 0 Å². The molecule has 6 nitrogen and oxygen atoms in total. The van der Waals surface area contributed by atoms with Crippen molar-refractivity contribution in [2.45, 2.75) is 64.5 Å². The van der Waals surface area contributed by atoms with E-state index in [1.54, 1.807) is 0 Å². The first-order valence-corrected chi connectivity index (χ1v) is 10.1. The molecule has 0 aromatic carbocycles. The summed E-state index contributed by atoms with van der Waals surface area (Å²) in [4.78, 5) is 0. The number of oxime groups is 2. The summed E-state index contributed by atoms with van der Waals surface area (Å²) in [5.74, 6) is 0. The maximum Gasteiger partial charge on any atom is 0.169 e. The molecule has 0 saturated carbocycles. The van der Waals surface area contributed by atoms with Gasteiger partial charge < -0.3 is 10.4 Å². The van der Waals surface area contributed by atoms with E-state index in [2.05, 4.69) is 19.4 Å². The molecule has 2 aromatic heterocycles. The highest BCUT2D eigenvalue weighted by Crippen LogP contribution is 2.08. The molecule has 0 aliphatic carbocycles. The van der Waals surface area contributed by atoms with Crippen LogP contribution in [0.15, 0.2) is 59.4 Å². The van der Waals surface area contributed by atoms with Crippen LogP contribution in [-0.4, -0.2) is 22.8 Å². The molecule has 0 bridgehead atoms. The molecule has 0 spiro atoms. The van der Waals surface area contributed by atoms with Gasteiger partial charge in [-0.15, -0.1) is 0 Å². The van der Waals surface area contributed by atoms with Gasteiger partial charge in [0.2, 0.25) is 0 Å². The zero-order valence-corrected chi connectivity index (χ0v) is 16.5. The maximum absolute atomic E-state index is 8.51. The Morgan fingerprint density at radius 2 is 0.893 bits per heavy atom. The van der Waals surface area contributed by atoms with Gasteiger partial charge in [-0.2, -0.15) is 0 Å². The fourth-order valence-corrected chi connectivity index (χ4v) is 3.19. The van der Waals surface area contributed by atoms with Crippen LogP contribution in [0.1, 0.15) is 62.5 Å². The van der Waals surface area contributed by atoms with Gasteiger partial charge in [0, 0.05) is 48.2 Å². The summed E-state index contributed by atoms with van der Waals surface area (Å²) in [5.41, 5.74) is 1.82. The lowest BCUT2D eigenvalue weighted by Gasteiger charge is -2.01. The van der Waals surface area contributed by atoms with Crippen molar-refractivity contribution in [2.75, 3.05) is 0 Å². The van der Waals surface area contributed by atoms with Gasteiger partial charge in [0.15, 0.2) is 24.8 Å². The van der Waals surface area contributed by atoms with Crippen molar-refractivity contribution in [2.24, 2.45) is 10.3 Å². The van der Waals surface area contributed by atoms with Crippen molar-refractivity contribution in [3.63, 3.8) is 0 Å². The first kappa shape index (κ1) is 21.5. The van der Waals surface area contributed by atoms with Gasteiger partial charge in [-0.25, -0.2) is 9.13 Å². The predicted molar refractivity (Wildman–Crippen MR) is 109 cm³/mol. The summed E-state index contributed by atoms with van der Waals surface area (Å²) in [7, 11) is 0. The Hall–Kier alpha value is -2.76. The summed E-state index contributed by atoms with van der Waals surface area (Å²) in [6, 6.07) is 7.82. The molecule has 0 fully saturated rings. The highest BCUT2D eigenvalue weighted by molar-refractivity contribution is 5.78. The Balaban J connectivity index is 1.44. The molecular weight excluding hydrogens is 352 g/mol. The second-order valence-electron chi connectivity index (χ2n) is 7.06. The van der Waals surface area contributed by atoms with E-state index in [9.17, 15) is 0 Å². The molecule has 0 radical (unpaired) electrons. The van der Waals surface area contributed by atoms with Crippen LogP contribution in [0.25, 0.3) is 0 Å². The minimum atomic E-state index is 0.908. The number of pyridine rings is 2. The summed E-state index contributed by atoms with van der Waals surface area (Å²) in [6.45, 7) is 2.08. The van der Waals surface area contributed by atoms with Crippen LogP contribution in [0.5, 0.6) is 0 Å². The van der Waals surface area contributed by atoms with Crippen LogP contribution in [-0.2, 0) is 13.1 Å². The highest BCUT2D eigenvalue weighted by atomic mass is 16.4. The van der Waals surface area contributed by atoms with Crippen molar-refractivity contribution in [1.82, 2.24) is 0 Å². The average molecular weight is 385 g/mol. The summed E-state index contributed by atoms with van der Waals surface area (Å²) in [6.07, 6.45) is 21.2. The number of rotatable bonds is 13. The molecule has 6 heteroatoms. The molecule has 0 atom stereocenters. The van der Waals surface area contributed by atoms with Crippen molar-refractivity contribution >= 4 is 12.4 Å². The molecule has 0 aliphatic rings. The molecule has 0 aliphatic heterocycles. The quantitative estimate of drug-likeness (QED) is 0.182. The van der Waals surface area contributed by atoms with Crippen LogP contribution >= 0.6 is 0 Å². The van der Waals surface area contributed by atoms with E-state index in [1.165, 1.54) is 63.8 Å². The zero-order chi connectivity index (χ0) is 19.9. The van der Waals surface area contributed by atoms with Crippen molar-refractivity contribution in [1.29, 1.82) is 0 Å². The first-order valence-electron chi connectivity index (χ1n) is 10.1. The Morgan fingerprint density at radius 1 is 0.571 bits per heavy atom. The second kappa shape index (κ2) is 13.4. The number of nitrogens with zero attached hydrogens (tertiary/aromatic N) is 4. The molecule has 0 amide bonds. The predicted octanol–water partition coefficient (Wildman–Crippen LogP) is 3.70. The van der Waals surface area contributed by atoms with Crippen molar-refractivity contribution in [3.05, 3.63) is 60.2 Å². The normalized spacial score (nSPS) is 11.6. The first-order chi connectivity index (χ1) is 13.8. The van der Waals surface area contributed by atoms with Gasteiger partial charge in [0.1, 0.15) is 13.1 Å². The third kappa shape index (κ3) is 8.75. The average Bonchev–Trinajstić information content (AvgIpc) is 2.72. The van der Waals surface area contributed by atoms with Gasteiger partial charge in [-0.3, -0.25) is 0 Å². The molecular formula is C22H32N4O2+2. The number of aryl methyl sites for hydroxylation is 2. The molecule has 2 N–H and O–H groups in total. The van der Waals surface area contributed by atoms with Crippen LogP contribution in [0, 0.1) is 0 Å². The molecule has 2 aromatic rings. The number of unbranched alkanes of at least 4 members (excludes halogenated alkanes) is 7. The van der Waals surface area contributed by atoms with Crippen LogP contribution in [0.3, 0.4) is 0 Å². The molecule has 2 heterocycles. The van der Waals surface area contributed by atoms with Gasteiger partial charge in [-0.05, 0) is 12.8 Å². The fraction of sp³-hybridized carbons (Fsp3) is 0.455. The Morgan fingerprint density at radius 3 is 1.21 bits per heavy atom. The van der Waals surface area contributed by atoms with E-state index in [-0.39, 0.29) is 0 Å². The third-order valence-electron chi connectivity index (χ3n) is 4.83. The van der Waals surface area contributed by atoms with E-state index in [1.807, 2.05) is 49.1 Å². The topological polar surface area (TPSA) is 72.9 Å². The number of hydrogen-bond acceptors (Lipinski definition) is 4. The lowest BCUT2D eigenvalue weighted by atomic mass is 10.1. The largest absolute Gasteiger partial charge is 0.411 e.